The molecule has 0 atom stereocenters. The van der Waals surface area contributed by atoms with E-state index in [0.717, 1.165) is 11.3 Å². The second-order valence-electron chi connectivity index (χ2n) is 2.93. The predicted octanol–water partition coefficient (Wildman–Crippen LogP) is 3.37. The number of nitrogens with zero attached hydrogens (tertiary/aromatic N) is 1. The van der Waals surface area contributed by atoms with Crippen LogP contribution < -0.4 is 4.90 Å². The van der Waals surface area contributed by atoms with Crippen molar-refractivity contribution in [2.24, 2.45) is 0 Å². The van der Waals surface area contributed by atoms with Gasteiger partial charge in [-0.1, -0.05) is 23.2 Å². The van der Waals surface area contributed by atoms with Crippen molar-refractivity contribution in [2.45, 2.75) is 6.92 Å². The number of halogens is 2. The smallest absolute Gasteiger partial charge is 0.0470 e. The fourth-order valence-corrected chi connectivity index (χ4v) is 1.37. The zero-order valence-electron chi connectivity index (χ0n) is 7.36. The molecule has 0 saturated heterocycles. The maximum absolute atomic E-state index is 5.95. The van der Waals surface area contributed by atoms with Crippen molar-refractivity contribution in [1.82, 2.24) is 0 Å². The molecule has 0 aliphatic heterocycles. The lowest BCUT2D eigenvalue weighted by molar-refractivity contribution is 1.13. The number of hydrogen-bond donors (Lipinski definition) is 0. The largest absolute Gasteiger partial charge is 0.378 e. The van der Waals surface area contributed by atoms with Gasteiger partial charge in [0.1, 0.15) is 0 Å². The quantitative estimate of drug-likeness (QED) is 0.677. The summed E-state index contributed by atoms with van der Waals surface area (Å²) in [6.45, 7) is 1.91. The van der Waals surface area contributed by atoms with Gasteiger partial charge in [-0.2, -0.15) is 0 Å². The van der Waals surface area contributed by atoms with Gasteiger partial charge in [0.2, 0.25) is 0 Å². The van der Waals surface area contributed by atoms with Gasteiger partial charge in [0.05, 0.1) is 0 Å². The molecule has 1 aromatic carbocycles. The van der Waals surface area contributed by atoms with Gasteiger partial charge >= 0.3 is 0 Å². The van der Waals surface area contributed by atoms with E-state index in [1.165, 1.54) is 0 Å². The highest BCUT2D eigenvalue weighted by molar-refractivity contribution is 6.36. The minimum Gasteiger partial charge on any atom is -0.378 e. The van der Waals surface area contributed by atoms with E-state index in [4.69, 9.17) is 23.2 Å². The van der Waals surface area contributed by atoms with Crippen molar-refractivity contribution in [3.8, 4) is 0 Å². The van der Waals surface area contributed by atoms with Crippen LogP contribution in [0.5, 0.6) is 0 Å². The SMILES string of the molecule is Cc1c(Cl)cc(N(C)C)cc1Cl. The normalized spacial score (nSPS) is 10.1. The van der Waals surface area contributed by atoms with Gasteiger partial charge in [-0.05, 0) is 24.6 Å². The molecule has 0 spiro atoms. The molecule has 0 amide bonds. The lowest BCUT2D eigenvalue weighted by Gasteiger charge is -2.14. The number of hydrogen-bond acceptors (Lipinski definition) is 1. The third-order valence-electron chi connectivity index (χ3n) is 1.78. The Hall–Kier alpha value is -0.400. The van der Waals surface area contributed by atoms with E-state index >= 15 is 0 Å². The van der Waals surface area contributed by atoms with Gasteiger partial charge in [-0.3, -0.25) is 0 Å². The molecule has 12 heavy (non-hydrogen) atoms. The third kappa shape index (κ3) is 1.85. The molecule has 0 fully saturated rings. The molecule has 0 N–H and O–H groups in total. The molecule has 0 saturated carbocycles. The number of rotatable bonds is 1. The van der Waals surface area contributed by atoms with E-state index < -0.39 is 0 Å². The molecule has 0 unspecified atom stereocenters. The highest BCUT2D eigenvalue weighted by atomic mass is 35.5. The average molecular weight is 204 g/mol. The summed E-state index contributed by atoms with van der Waals surface area (Å²) in [6, 6.07) is 3.81. The van der Waals surface area contributed by atoms with Gasteiger partial charge in [0.15, 0.2) is 0 Å². The van der Waals surface area contributed by atoms with Gasteiger partial charge in [-0.15, -0.1) is 0 Å². The first-order chi connectivity index (χ1) is 5.52. The Morgan fingerprint density at radius 1 is 1.08 bits per heavy atom. The van der Waals surface area contributed by atoms with Crippen LogP contribution in [0, 0.1) is 6.92 Å². The van der Waals surface area contributed by atoms with Crippen LogP contribution in [-0.2, 0) is 0 Å². The van der Waals surface area contributed by atoms with Crippen molar-refractivity contribution in [2.75, 3.05) is 19.0 Å². The highest BCUT2D eigenvalue weighted by Gasteiger charge is 2.04. The van der Waals surface area contributed by atoms with Crippen molar-refractivity contribution in [3.05, 3.63) is 27.7 Å². The molecule has 1 rings (SSSR count). The van der Waals surface area contributed by atoms with Crippen LogP contribution in [0.4, 0.5) is 5.69 Å². The molecule has 0 radical (unpaired) electrons. The lowest BCUT2D eigenvalue weighted by Crippen LogP contribution is -2.08. The van der Waals surface area contributed by atoms with Gasteiger partial charge in [0.25, 0.3) is 0 Å². The van der Waals surface area contributed by atoms with E-state index in [-0.39, 0.29) is 0 Å². The standard InChI is InChI=1S/C9H11Cl2N/c1-6-8(10)4-7(12(2)3)5-9(6)11/h4-5H,1-3H3. The van der Waals surface area contributed by atoms with Crippen molar-refractivity contribution < 1.29 is 0 Å². The van der Waals surface area contributed by atoms with Crippen LogP contribution in [0.15, 0.2) is 12.1 Å². The maximum Gasteiger partial charge on any atom is 0.0470 e. The number of benzene rings is 1. The van der Waals surface area contributed by atoms with Crippen LogP contribution in [0.25, 0.3) is 0 Å². The van der Waals surface area contributed by atoms with E-state index in [0.29, 0.717) is 10.0 Å². The minimum atomic E-state index is 0.714. The molecule has 1 nitrogen and oxygen atoms in total. The van der Waals surface area contributed by atoms with E-state index in [1.807, 2.05) is 38.1 Å². The van der Waals surface area contributed by atoms with Crippen molar-refractivity contribution in [3.63, 3.8) is 0 Å². The fourth-order valence-electron chi connectivity index (χ4n) is 0.890. The van der Waals surface area contributed by atoms with Crippen LogP contribution in [0.3, 0.4) is 0 Å². The summed E-state index contributed by atoms with van der Waals surface area (Å²) in [7, 11) is 3.91. The Kier molecular flexibility index (Phi) is 2.86. The second-order valence-corrected chi connectivity index (χ2v) is 3.74. The summed E-state index contributed by atoms with van der Waals surface area (Å²) >= 11 is 11.9. The average Bonchev–Trinajstić information content (AvgIpc) is 1.99. The predicted molar refractivity (Wildman–Crippen MR) is 55.5 cm³/mol. The summed E-state index contributed by atoms with van der Waals surface area (Å²) in [5.41, 5.74) is 1.96. The fraction of sp³-hybridized carbons (Fsp3) is 0.333. The highest BCUT2D eigenvalue weighted by Crippen LogP contribution is 2.28. The molecule has 1 aromatic rings. The van der Waals surface area contributed by atoms with E-state index in [1.54, 1.807) is 0 Å². The van der Waals surface area contributed by atoms with Crippen LogP contribution >= 0.6 is 23.2 Å². The van der Waals surface area contributed by atoms with Gasteiger partial charge in [0, 0.05) is 29.8 Å². The first kappa shape index (κ1) is 9.69. The van der Waals surface area contributed by atoms with Crippen LogP contribution in [0.1, 0.15) is 5.56 Å². The monoisotopic (exact) mass is 203 g/mol. The first-order valence-electron chi connectivity index (χ1n) is 3.65. The summed E-state index contributed by atoms with van der Waals surface area (Å²) in [5, 5.41) is 1.43. The molecule has 0 aromatic heterocycles. The zero-order valence-corrected chi connectivity index (χ0v) is 8.87. The molecule has 0 heterocycles. The summed E-state index contributed by atoms with van der Waals surface area (Å²) in [5.74, 6) is 0. The van der Waals surface area contributed by atoms with Crippen molar-refractivity contribution >= 4 is 28.9 Å². The topological polar surface area (TPSA) is 3.24 Å². The summed E-state index contributed by atoms with van der Waals surface area (Å²) < 4.78 is 0. The Labute approximate surface area is 82.9 Å². The first-order valence-corrected chi connectivity index (χ1v) is 4.41. The Morgan fingerprint density at radius 2 is 1.50 bits per heavy atom. The summed E-state index contributed by atoms with van der Waals surface area (Å²) in [6.07, 6.45) is 0. The molecule has 0 aliphatic rings. The van der Waals surface area contributed by atoms with Crippen LogP contribution in [-0.4, -0.2) is 14.1 Å². The van der Waals surface area contributed by atoms with E-state index in [2.05, 4.69) is 0 Å². The minimum absolute atomic E-state index is 0.714. The Morgan fingerprint density at radius 3 is 1.83 bits per heavy atom. The molecule has 0 aliphatic carbocycles. The van der Waals surface area contributed by atoms with Crippen LogP contribution in [0.2, 0.25) is 10.0 Å². The van der Waals surface area contributed by atoms with Gasteiger partial charge < -0.3 is 4.90 Å². The molecule has 3 heteroatoms. The molecule has 66 valence electrons. The Balaban J connectivity index is 3.21. The summed E-state index contributed by atoms with van der Waals surface area (Å²) in [4.78, 5) is 1.97. The third-order valence-corrected chi connectivity index (χ3v) is 2.57. The molecular formula is C9H11Cl2N. The number of anilines is 1. The van der Waals surface area contributed by atoms with Crippen molar-refractivity contribution in [1.29, 1.82) is 0 Å². The zero-order chi connectivity index (χ0) is 9.30. The molecular weight excluding hydrogens is 193 g/mol. The lowest BCUT2D eigenvalue weighted by atomic mass is 10.2. The van der Waals surface area contributed by atoms with E-state index in [9.17, 15) is 0 Å². The Bertz CT molecular complexity index is 272. The van der Waals surface area contributed by atoms with Gasteiger partial charge in [-0.25, -0.2) is 0 Å². The molecule has 0 bridgehead atoms. The maximum atomic E-state index is 5.95. The second kappa shape index (κ2) is 3.55.